The highest BCUT2D eigenvalue weighted by molar-refractivity contribution is 6.34. The first-order valence-electron chi connectivity index (χ1n) is 13.6. The van der Waals surface area contributed by atoms with Gasteiger partial charge in [-0.3, -0.25) is 9.36 Å². The highest BCUT2D eigenvalue weighted by Gasteiger charge is 2.33. The molecule has 0 unspecified atom stereocenters. The normalized spacial score (nSPS) is 17.4. The average molecular weight is 586 g/mol. The third-order valence-electron chi connectivity index (χ3n) is 7.83. The highest BCUT2D eigenvalue weighted by Crippen LogP contribution is 2.41. The lowest BCUT2D eigenvalue weighted by atomic mass is 9.94. The Morgan fingerprint density at radius 1 is 1.24 bits per heavy atom. The van der Waals surface area contributed by atoms with Crippen molar-refractivity contribution >= 4 is 39.4 Å². The van der Waals surface area contributed by atoms with Crippen molar-refractivity contribution in [3.05, 3.63) is 83.9 Å². The summed E-state index contributed by atoms with van der Waals surface area (Å²) in [7, 11) is 0. The Balaban J connectivity index is 1.55. The van der Waals surface area contributed by atoms with E-state index >= 15 is 4.39 Å². The van der Waals surface area contributed by atoms with E-state index in [-0.39, 0.29) is 40.5 Å². The maximum Gasteiger partial charge on any atom is 0.246 e. The first-order chi connectivity index (χ1) is 20.4. The van der Waals surface area contributed by atoms with Crippen LogP contribution in [-0.2, 0) is 4.79 Å². The second-order valence-corrected chi connectivity index (χ2v) is 10.6. The molecule has 212 valence electrons. The van der Waals surface area contributed by atoms with Gasteiger partial charge in [-0.2, -0.15) is 5.26 Å². The summed E-state index contributed by atoms with van der Waals surface area (Å²) in [6.07, 6.45) is 8.64. The number of pyridine rings is 1. The van der Waals surface area contributed by atoms with Crippen LogP contribution in [0.25, 0.3) is 38.9 Å². The van der Waals surface area contributed by atoms with E-state index < -0.39 is 12.5 Å². The molecule has 6 rings (SSSR count). The number of fused-ring (bicyclic) bond motifs is 3. The fourth-order valence-corrected chi connectivity index (χ4v) is 6.18. The molecule has 5 aromatic rings. The number of allylic oxidation sites excluding steroid dienone is 1. The van der Waals surface area contributed by atoms with Gasteiger partial charge in [0.15, 0.2) is 11.6 Å². The van der Waals surface area contributed by atoms with E-state index in [0.717, 1.165) is 0 Å². The van der Waals surface area contributed by atoms with E-state index in [9.17, 15) is 14.4 Å². The van der Waals surface area contributed by atoms with E-state index in [4.69, 9.17) is 21.6 Å². The fraction of sp³-hybridized carbons (Fsp3) is 0.258. The van der Waals surface area contributed by atoms with Crippen LogP contribution in [0.2, 0.25) is 5.02 Å². The number of carbonyl (C=O) groups excluding carboxylic acids is 1. The number of nitriles is 1. The molecule has 0 N–H and O–H groups in total. The lowest BCUT2D eigenvalue weighted by Crippen LogP contribution is -2.45. The van der Waals surface area contributed by atoms with Crippen LogP contribution in [0.5, 0.6) is 0 Å². The minimum absolute atomic E-state index is 0.126. The first kappa shape index (κ1) is 27.5. The number of aromatic nitrogens is 5. The third-order valence-corrected chi connectivity index (χ3v) is 8.13. The average Bonchev–Trinajstić information content (AvgIpc) is 3.63. The van der Waals surface area contributed by atoms with Crippen molar-refractivity contribution in [3.8, 4) is 23.0 Å². The van der Waals surface area contributed by atoms with E-state index in [1.54, 1.807) is 46.4 Å². The molecule has 0 aliphatic carbocycles. The number of piperidine rings is 1. The summed E-state index contributed by atoms with van der Waals surface area (Å²) in [4.78, 5) is 28.2. The highest BCUT2D eigenvalue weighted by atomic mass is 35.5. The number of carbonyl (C=O) groups is 1. The van der Waals surface area contributed by atoms with Crippen LogP contribution in [0.3, 0.4) is 0 Å². The second-order valence-electron chi connectivity index (χ2n) is 10.2. The zero-order valence-corrected chi connectivity index (χ0v) is 23.5. The van der Waals surface area contributed by atoms with E-state index in [0.29, 0.717) is 53.0 Å². The minimum Gasteiger partial charge on any atom is -0.335 e. The van der Waals surface area contributed by atoms with Gasteiger partial charge in [0.05, 0.1) is 29.4 Å². The predicted octanol–water partition coefficient (Wildman–Crippen LogP) is 6.51. The fourth-order valence-electron chi connectivity index (χ4n) is 5.88. The van der Waals surface area contributed by atoms with Crippen LogP contribution in [-0.4, -0.2) is 54.2 Å². The summed E-state index contributed by atoms with van der Waals surface area (Å²) in [6, 6.07) is 12.5. The van der Waals surface area contributed by atoms with Crippen LogP contribution in [0.1, 0.15) is 31.1 Å². The molecule has 1 aliphatic heterocycles. The number of amides is 1. The van der Waals surface area contributed by atoms with Gasteiger partial charge in [-0.1, -0.05) is 41.9 Å². The van der Waals surface area contributed by atoms with Crippen LogP contribution in [0.15, 0.2) is 67.3 Å². The number of aryl methyl sites for hydroxylation is 1. The number of benzene rings is 2. The van der Waals surface area contributed by atoms with Gasteiger partial charge < -0.3 is 9.47 Å². The second kappa shape index (κ2) is 11.3. The van der Waals surface area contributed by atoms with Crippen LogP contribution in [0.4, 0.5) is 8.78 Å². The molecule has 11 heteroatoms. The number of alkyl halides is 1. The monoisotopic (exact) mass is 585 g/mol. The summed E-state index contributed by atoms with van der Waals surface area (Å²) in [6.45, 7) is 1.46. The van der Waals surface area contributed by atoms with Crippen LogP contribution in [0, 0.1) is 24.1 Å². The maximum absolute atomic E-state index is 16.4. The molecule has 2 atom stereocenters. The molecule has 8 nitrogen and oxygen atoms in total. The summed E-state index contributed by atoms with van der Waals surface area (Å²) < 4.78 is 32.8. The van der Waals surface area contributed by atoms with Crippen molar-refractivity contribution < 1.29 is 13.6 Å². The molecule has 1 amide bonds. The Morgan fingerprint density at radius 3 is 2.76 bits per heavy atom. The predicted molar refractivity (Wildman–Crippen MR) is 156 cm³/mol. The lowest BCUT2D eigenvalue weighted by molar-refractivity contribution is -0.130. The maximum atomic E-state index is 16.4. The summed E-state index contributed by atoms with van der Waals surface area (Å²) in [5.41, 5.74) is 2.25. The molecule has 42 heavy (non-hydrogen) atoms. The van der Waals surface area contributed by atoms with Crippen molar-refractivity contribution in [1.82, 2.24) is 29.0 Å². The minimum atomic E-state index is -0.739. The van der Waals surface area contributed by atoms with Gasteiger partial charge in [0.1, 0.15) is 23.5 Å². The molecule has 1 fully saturated rings. The lowest BCUT2D eigenvalue weighted by Gasteiger charge is -2.38. The Morgan fingerprint density at radius 2 is 2.05 bits per heavy atom. The van der Waals surface area contributed by atoms with Crippen molar-refractivity contribution in [2.75, 3.05) is 13.2 Å². The molecule has 1 aliphatic rings. The Hall–Kier alpha value is -4.62. The van der Waals surface area contributed by atoms with Crippen LogP contribution >= 0.6 is 11.6 Å². The number of halogens is 3. The molecular weight excluding hydrogens is 560 g/mol. The Bertz CT molecular complexity index is 1880. The molecule has 0 bridgehead atoms. The smallest absolute Gasteiger partial charge is 0.246 e. The van der Waals surface area contributed by atoms with Gasteiger partial charge in [-0.15, -0.1) is 0 Å². The van der Waals surface area contributed by atoms with Crippen molar-refractivity contribution in [2.45, 2.75) is 38.3 Å². The van der Waals surface area contributed by atoms with Gasteiger partial charge in [-0.05, 0) is 37.5 Å². The third kappa shape index (κ3) is 4.69. The SMILES string of the molecule is Cc1nccn1-c1nc2c(F)c(-c3ccccc3)c(Cl)cc2c2c1ncn2[C@H]1CCN(C(=O)/C=C/CF)[C@H](CC#N)C1. The van der Waals surface area contributed by atoms with E-state index in [1.807, 2.05) is 29.7 Å². The summed E-state index contributed by atoms with van der Waals surface area (Å²) in [5.74, 6) is 0.234. The largest absolute Gasteiger partial charge is 0.335 e. The molecule has 2 aromatic carbocycles. The van der Waals surface area contributed by atoms with Crippen LogP contribution < -0.4 is 0 Å². The summed E-state index contributed by atoms with van der Waals surface area (Å²) >= 11 is 6.75. The number of hydrogen-bond donors (Lipinski definition) is 0. The summed E-state index contributed by atoms with van der Waals surface area (Å²) in [5, 5.41) is 10.3. The van der Waals surface area contributed by atoms with E-state index in [1.165, 1.54) is 12.2 Å². The van der Waals surface area contributed by atoms with Gasteiger partial charge in [-0.25, -0.2) is 23.7 Å². The number of nitrogens with zero attached hydrogens (tertiary/aromatic N) is 7. The van der Waals surface area contributed by atoms with Crippen molar-refractivity contribution in [1.29, 1.82) is 5.26 Å². The van der Waals surface area contributed by atoms with Gasteiger partial charge >= 0.3 is 0 Å². The molecule has 0 radical (unpaired) electrons. The molecule has 3 aromatic heterocycles. The van der Waals surface area contributed by atoms with E-state index in [2.05, 4.69) is 11.1 Å². The number of rotatable bonds is 6. The van der Waals surface area contributed by atoms with Gasteiger partial charge in [0.2, 0.25) is 5.91 Å². The van der Waals surface area contributed by atoms with Crippen molar-refractivity contribution in [3.63, 3.8) is 0 Å². The Labute approximate surface area is 245 Å². The number of imidazole rings is 2. The van der Waals surface area contributed by atoms with Crippen molar-refractivity contribution in [2.24, 2.45) is 0 Å². The van der Waals surface area contributed by atoms with Gasteiger partial charge in [0.25, 0.3) is 0 Å². The molecule has 0 spiro atoms. The topological polar surface area (TPSA) is 92.6 Å². The number of hydrogen-bond acceptors (Lipinski definition) is 5. The zero-order chi connectivity index (χ0) is 29.4. The number of likely N-dealkylation sites (tertiary alicyclic amines) is 1. The molecule has 1 saturated heterocycles. The molecule has 4 heterocycles. The molecular formula is C31H26ClF2N7O. The molecule has 0 saturated carbocycles. The standard InChI is InChI=1S/C31H26ClF2N7O/c1-19-36-13-15-39(19)31-29-30(23-17-24(32)26(27(34)28(23)38-31)20-6-3-2-4-7-20)41(18-37-29)22-10-14-40(21(16-22)9-12-35)25(42)8-5-11-33/h2-8,13,15,17-18,21-22H,9-11,14,16H2,1H3/b8-5+/t21-,22+/m1/s1. The first-order valence-corrected chi connectivity index (χ1v) is 13.9. The quantitative estimate of drug-likeness (QED) is 0.212. The zero-order valence-electron chi connectivity index (χ0n) is 22.7. The van der Waals surface area contributed by atoms with Gasteiger partial charge in [0, 0.05) is 48.0 Å². The Kier molecular flexibility index (Phi) is 7.43.